The molecule has 2 rings (SSSR count). The number of hydrogen-bond acceptors (Lipinski definition) is 2. The third-order valence-electron chi connectivity index (χ3n) is 3.39. The number of aliphatic hydroxyl groups is 1. The van der Waals surface area contributed by atoms with Gasteiger partial charge in [0, 0.05) is 11.5 Å². The van der Waals surface area contributed by atoms with Crippen molar-refractivity contribution in [2.75, 3.05) is 0 Å². The molecule has 0 heterocycles. The summed E-state index contributed by atoms with van der Waals surface area (Å²) < 4.78 is 13.0. The topological polar surface area (TPSA) is 63.3 Å². The van der Waals surface area contributed by atoms with Gasteiger partial charge < -0.3 is 10.8 Å². The molecular formula is C15H16FNO2. The second kappa shape index (κ2) is 5.41. The van der Waals surface area contributed by atoms with Crippen LogP contribution in [0.3, 0.4) is 0 Å². The molecule has 1 aromatic carbocycles. The summed E-state index contributed by atoms with van der Waals surface area (Å²) in [5.41, 5.74) is 4.57. The fourth-order valence-corrected chi connectivity index (χ4v) is 2.36. The number of hydrogen-bond donors (Lipinski definition) is 2. The van der Waals surface area contributed by atoms with E-state index in [1.807, 2.05) is 0 Å². The first-order valence-electron chi connectivity index (χ1n) is 6.29. The van der Waals surface area contributed by atoms with E-state index in [1.165, 1.54) is 12.1 Å². The number of primary amides is 1. The summed E-state index contributed by atoms with van der Waals surface area (Å²) >= 11 is 0. The van der Waals surface area contributed by atoms with Gasteiger partial charge in [0.15, 0.2) is 0 Å². The molecule has 1 aliphatic rings. The lowest BCUT2D eigenvalue weighted by Gasteiger charge is -2.31. The van der Waals surface area contributed by atoms with Gasteiger partial charge in [0.25, 0.3) is 0 Å². The Balaban J connectivity index is 2.15. The molecule has 3 nitrogen and oxygen atoms in total. The maximum atomic E-state index is 13.0. The highest BCUT2D eigenvalue weighted by molar-refractivity contribution is 5.77. The monoisotopic (exact) mass is 261 g/mol. The van der Waals surface area contributed by atoms with E-state index in [1.54, 1.807) is 12.1 Å². The van der Waals surface area contributed by atoms with Gasteiger partial charge in [0.2, 0.25) is 5.91 Å². The van der Waals surface area contributed by atoms with Crippen molar-refractivity contribution in [2.45, 2.75) is 31.3 Å². The van der Waals surface area contributed by atoms with Crippen LogP contribution in [-0.2, 0) is 4.79 Å². The number of rotatable bonds is 1. The zero-order valence-electron chi connectivity index (χ0n) is 10.5. The van der Waals surface area contributed by atoms with Crippen LogP contribution in [0.1, 0.15) is 31.2 Å². The molecule has 1 aromatic rings. The highest BCUT2D eigenvalue weighted by Crippen LogP contribution is 2.31. The number of amides is 1. The zero-order chi connectivity index (χ0) is 13.9. The van der Waals surface area contributed by atoms with Crippen LogP contribution in [0.2, 0.25) is 0 Å². The minimum absolute atomic E-state index is 0.255. The second-order valence-electron chi connectivity index (χ2n) is 4.99. The Bertz CT molecular complexity index is 547. The van der Waals surface area contributed by atoms with Gasteiger partial charge in [0.1, 0.15) is 11.4 Å². The van der Waals surface area contributed by atoms with Crippen LogP contribution in [0, 0.1) is 23.6 Å². The predicted molar refractivity (Wildman–Crippen MR) is 69.4 cm³/mol. The van der Waals surface area contributed by atoms with E-state index >= 15 is 0 Å². The highest BCUT2D eigenvalue weighted by Gasteiger charge is 2.35. The largest absolute Gasteiger partial charge is 0.378 e. The van der Waals surface area contributed by atoms with Crippen molar-refractivity contribution in [3.8, 4) is 11.8 Å². The summed E-state index contributed by atoms with van der Waals surface area (Å²) in [6.45, 7) is 0. The van der Waals surface area contributed by atoms with E-state index in [9.17, 15) is 14.3 Å². The predicted octanol–water partition coefficient (Wildman–Crippen LogP) is 1.58. The van der Waals surface area contributed by atoms with Crippen LogP contribution in [0.15, 0.2) is 24.3 Å². The Labute approximate surface area is 111 Å². The molecule has 2 atom stereocenters. The van der Waals surface area contributed by atoms with Crippen molar-refractivity contribution in [3.63, 3.8) is 0 Å². The second-order valence-corrected chi connectivity index (χ2v) is 4.99. The normalized spacial score (nSPS) is 26.3. The third-order valence-corrected chi connectivity index (χ3v) is 3.39. The SMILES string of the molecule is NC(=O)[C@H]1CCC[C@@](O)(C#Cc2cccc(F)c2)C1. The van der Waals surface area contributed by atoms with Crippen LogP contribution in [0.5, 0.6) is 0 Å². The van der Waals surface area contributed by atoms with Gasteiger partial charge >= 0.3 is 0 Å². The third kappa shape index (κ3) is 3.55. The summed E-state index contributed by atoms with van der Waals surface area (Å²) in [5, 5.41) is 10.3. The molecule has 3 N–H and O–H groups in total. The molecule has 100 valence electrons. The summed E-state index contributed by atoms with van der Waals surface area (Å²) in [5.74, 6) is 4.43. The molecule has 1 saturated carbocycles. The Morgan fingerprint density at radius 3 is 3.00 bits per heavy atom. The van der Waals surface area contributed by atoms with Crippen LogP contribution in [0.4, 0.5) is 4.39 Å². The van der Waals surface area contributed by atoms with Crippen molar-refractivity contribution < 1.29 is 14.3 Å². The minimum atomic E-state index is -1.20. The Morgan fingerprint density at radius 2 is 2.32 bits per heavy atom. The van der Waals surface area contributed by atoms with Crippen molar-refractivity contribution in [1.29, 1.82) is 0 Å². The molecule has 0 aromatic heterocycles. The zero-order valence-corrected chi connectivity index (χ0v) is 10.5. The van der Waals surface area contributed by atoms with Crippen LogP contribution in [0.25, 0.3) is 0 Å². The van der Waals surface area contributed by atoms with Gasteiger partial charge in [-0.3, -0.25) is 4.79 Å². The first-order chi connectivity index (χ1) is 8.98. The maximum Gasteiger partial charge on any atom is 0.220 e. The maximum absolute atomic E-state index is 13.0. The number of nitrogens with two attached hydrogens (primary N) is 1. The van der Waals surface area contributed by atoms with Crippen LogP contribution < -0.4 is 5.73 Å². The lowest BCUT2D eigenvalue weighted by Crippen LogP contribution is -2.38. The van der Waals surface area contributed by atoms with Gasteiger partial charge in [-0.1, -0.05) is 17.9 Å². The molecule has 1 fully saturated rings. The summed E-state index contributed by atoms with van der Waals surface area (Å²) in [4.78, 5) is 11.2. The number of carbonyl (C=O) groups is 1. The molecule has 1 aliphatic carbocycles. The van der Waals surface area contributed by atoms with Gasteiger partial charge in [-0.05, 0) is 43.9 Å². The summed E-state index contributed by atoms with van der Waals surface area (Å²) in [6, 6.07) is 5.89. The van der Waals surface area contributed by atoms with Gasteiger partial charge in [-0.15, -0.1) is 0 Å². The Morgan fingerprint density at radius 1 is 1.53 bits per heavy atom. The van der Waals surface area contributed by atoms with Gasteiger partial charge in [-0.25, -0.2) is 4.39 Å². The molecular weight excluding hydrogens is 245 g/mol. The quantitative estimate of drug-likeness (QED) is 0.754. The van der Waals surface area contributed by atoms with E-state index in [-0.39, 0.29) is 18.2 Å². The number of carbonyl (C=O) groups excluding carboxylic acids is 1. The van der Waals surface area contributed by atoms with E-state index < -0.39 is 11.5 Å². The summed E-state index contributed by atoms with van der Waals surface area (Å²) in [7, 11) is 0. The van der Waals surface area contributed by atoms with Crippen molar-refractivity contribution in [2.24, 2.45) is 11.7 Å². The molecule has 0 saturated heterocycles. The smallest absolute Gasteiger partial charge is 0.220 e. The van der Waals surface area contributed by atoms with Crippen LogP contribution >= 0.6 is 0 Å². The first-order valence-corrected chi connectivity index (χ1v) is 6.29. The number of halogens is 1. The number of benzene rings is 1. The van der Waals surface area contributed by atoms with Gasteiger partial charge in [-0.2, -0.15) is 0 Å². The van der Waals surface area contributed by atoms with E-state index in [2.05, 4.69) is 11.8 Å². The average Bonchev–Trinajstić information content (AvgIpc) is 2.37. The first kappa shape index (κ1) is 13.6. The van der Waals surface area contributed by atoms with E-state index in [0.717, 1.165) is 0 Å². The molecule has 0 radical (unpaired) electrons. The Hall–Kier alpha value is -1.86. The molecule has 19 heavy (non-hydrogen) atoms. The van der Waals surface area contributed by atoms with E-state index in [4.69, 9.17) is 5.73 Å². The van der Waals surface area contributed by atoms with Crippen molar-refractivity contribution in [3.05, 3.63) is 35.6 Å². The Kier molecular flexibility index (Phi) is 3.87. The average molecular weight is 261 g/mol. The molecule has 0 unspecified atom stereocenters. The molecule has 0 bridgehead atoms. The fourth-order valence-electron chi connectivity index (χ4n) is 2.36. The minimum Gasteiger partial charge on any atom is -0.378 e. The lowest BCUT2D eigenvalue weighted by molar-refractivity contribution is -0.125. The standard InChI is InChI=1S/C15H16FNO2/c16-13-5-1-3-11(9-13)6-8-15(19)7-2-4-12(10-15)14(17)18/h1,3,5,9,12,19H,2,4,7,10H2,(H2,17,18)/t12-,15+/m0/s1. The van der Waals surface area contributed by atoms with Crippen molar-refractivity contribution in [1.82, 2.24) is 0 Å². The van der Waals surface area contributed by atoms with E-state index in [0.29, 0.717) is 24.8 Å². The molecule has 1 amide bonds. The van der Waals surface area contributed by atoms with Crippen molar-refractivity contribution >= 4 is 5.91 Å². The fraction of sp³-hybridized carbons (Fsp3) is 0.400. The molecule has 4 heteroatoms. The molecule has 0 spiro atoms. The lowest BCUT2D eigenvalue weighted by atomic mass is 9.78. The van der Waals surface area contributed by atoms with Crippen LogP contribution in [-0.4, -0.2) is 16.6 Å². The summed E-state index contributed by atoms with van der Waals surface area (Å²) in [6.07, 6.45) is 2.17. The molecule has 0 aliphatic heterocycles. The van der Waals surface area contributed by atoms with Gasteiger partial charge in [0.05, 0.1) is 0 Å². The highest BCUT2D eigenvalue weighted by atomic mass is 19.1.